The molecular formula is C24H27FN4O4. The molecule has 3 aromatic rings. The molecule has 2 aromatic carbocycles. The standard InChI is InChI=1S/C24H27FN4O4/c1-2-3-14-28-22(26)21(23(31)27-24(28)32)29(16-17-7-5-4-6-8-17)20(30)13-15-33-19-11-9-18(25)10-12-19/h4-12H,2-3,13-16,26H2,1H3,(H,27,31,32). The van der Waals surface area contributed by atoms with Gasteiger partial charge >= 0.3 is 5.69 Å². The maximum absolute atomic E-state index is 13.2. The summed E-state index contributed by atoms with van der Waals surface area (Å²) in [6, 6.07) is 14.6. The second-order valence-corrected chi connectivity index (χ2v) is 7.52. The van der Waals surface area contributed by atoms with Crippen LogP contribution in [0, 0.1) is 5.82 Å². The number of nitrogen functional groups attached to an aromatic ring is 1. The average molecular weight is 455 g/mol. The van der Waals surface area contributed by atoms with Crippen LogP contribution < -0.4 is 26.6 Å². The molecule has 0 aliphatic carbocycles. The van der Waals surface area contributed by atoms with Gasteiger partial charge in [-0.15, -0.1) is 0 Å². The van der Waals surface area contributed by atoms with E-state index in [0.29, 0.717) is 18.7 Å². The molecular weight excluding hydrogens is 427 g/mol. The van der Waals surface area contributed by atoms with Gasteiger partial charge in [0.1, 0.15) is 17.4 Å². The van der Waals surface area contributed by atoms with Crippen LogP contribution in [0.5, 0.6) is 5.75 Å². The quantitative estimate of drug-likeness (QED) is 0.489. The minimum Gasteiger partial charge on any atom is -0.493 e. The molecule has 9 heteroatoms. The smallest absolute Gasteiger partial charge is 0.330 e. The Hall–Kier alpha value is -3.88. The van der Waals surface area contributed by atoms with Gasteiger partial charge in [0, 0.05) is 6.54 Å². The summed E-state index contributed by atoms with van der Waals surface area (Å²) in [6.45, 7) is 2.41. The summed E-state index contributed by atoms with van der Waals surface area (Å²) in [5.41, 5.74) is 5.62. The first kappa shape index (κ1) is 23.8. The summed E-state index contributed by atoms with van der Waals surface area (Å²) in [5, 5.41) is 0. The number of anilines is 2. The first-order chi connectivity index (χ1) is 15.9. The van der Waals surface area contributed by atoms with Crippen LogP contribution in [0.2, 0.25) is 0 Å². The molecule has 0 fully saturated rings. The summed E-state index contributed by atoms with van der Waals surface area (Å²) in [6.07, 6.45) is 1.46. The molecule has 0 saturated heterocycles. The first-order valence-electron chi connectivity index (χ1n) is 10.8. The number of ether oxygens (including phenoxy) is 1. The Morgan fingerprint density at radius 1 is 1.12 bits per heavy atom. The van der Waals surface area contributed by atoms with Crippen molar-refractivity contribution in [2.45, 2.75) is 39.3 Å². The van der Waals surface area contributed by atoms with Crippen LogP contribution >= 0.6 is 0 Å². The number of hydrogen-bond acceptors (Lipinski definition) is 5. The number of H-pyrrole nitrogens is 1. The van der Waals surface area contributed by atoms with Crippen molar-refractivity contribution in [3.8, 4) is 5.75 Å². The van der Waals surface area contributed by atoms with Crippen molar-refractivity contribution in [3.63, 3.8) is 0 Å². The molecule has 0 radical (unpaired) electrons. The van der Waals surface area contributed by atoms with Crippen LogP contribution in [0.25, 0.3) is 0 Å². The molecule has 33 heavy (non-hydrogen) atoms. The number of nitrogens with zero attached hydrogens (tertiary/aromatic N) is 2. The van der Waals surface area contributed by atoms with Gasteiger partial charge in [-0.3, -0.25) is 24.0 Å². The maximum atomic E-state index is 13.2. The van der Waals surface area contributed by atoms with Crippen LogP contribution in [-0.2, 0) is 17.9 Å². The highest BCUT2D eigenvalue weighted by Crippen LogP contribution is 2.21. The van der Waals surface area contributed by atoms with E-state index in [0.717, 1.165) is 12.0 Å². The summed E-state index contributed by atoms with van der Waals surface area (Å²) >= 11 is 0. The second kappa shape index (κ2) is 11.1. The lowest BCUT2D eigenvalue weighted by atomic mass is 10.2. The Bertz CT molecular complexity index is 1190. The number of aromatic nitrogens is 2. The lowest BCUT2D eigenvalue weighted by Crippen LogP contribution is -2.41. The van der Waals surface area contributed by atoms with Gasteiger partial charge < -0.3 is 10.5 Å². The Labute approximate surface area is 190 Å². The lowest BCUT2D eigenvalue weighted by molar-refractivity contribution is -0.119. The van der Waals surface area contributed by atoms with Gasteiger partial charge in [-0.1, -0.05) is 43.7 Å². The van der Waals surface area contributed by atoms with Crippen molar-refractivity contribution in [1.82, 2.24) is 9.55 Å². The molecule has 8 nitrogen and oxygen atoms in total. The van der Waals surface area contributed by atoms with Gasteiger partial charge in [0.05, 0.1) is 19.6 Å². The zero-order chi connectivity index (χ0) is 23.8. The fourth-order valence-corrected chi connectivity index (χ4v) is 3.36. The first-order valence-corrected chi connectivity index (χ1v) is 10.8. The number of carbonyl (C=O) groups excluding carboxylic acids is 1. The number of unbranched alkanes of at least 4 members (excludes halogenated alkanes) is 1. The average Bonchev–Trinajstić information content (AvgIpc) is 2.80. The molecule has 1 heterocycles. The number of amides is 1. The van der Waals surface area contributed by atoms with Crippen LogP contribution in [-0.4, -0.2) is 22.1 Å². The zero-order valence-electron chi connectivity index (χ0n) is 18.4. The summed E-state index contributed by atoms with van der Waals surface area (Å²) < 4.78 is 19.9. The Morgan fingerprint density at radius 3 is 2.48 bits per heavy atom. The number of carbonyl (C=O) groups is 1. The largest absolute Gasteiger partial charge is 0.493 e. The number of halogens is 1. The van der Waals surface area contributed by atoms with E-state index in [1.807, 2.05) is 37.3 Å². The van der Waals surface area contributed by atoms with E-state index in [2.05, 4.69) is 4.98 Å². The molecule has 3 N–H and O–H groups in total. The zero-order valence-corrected chi connectivity index (χ0v) is 18.4. The Morgan fingerprint density at radius 2 is 1.82 bits per heavy atom. The summed E-state index contributed by atoms with van der Waals surface area (Å²) in [7, 11) is 0. The van der Waals surface area contributed by atoms with E-state index in [-0.39, 0.29) is 36.9 Å². The Kier molecular flexibility index (Phi) is 8.01. The molecule has 0 atom stereocenters. The number of aromatic amines is 1. The van der Waals surface area contributed by atoms with Crippen molar-refractivity contribution in [2.24, 2.45) is 0 Å². The van der Waals surface area contributed by atoms with E-state index in [4.69, 9.17) is 10.5 Å². The second-order valence-electron chi connectivity index (χ2n) is 7.52. The van der Waals surface area contributed by atoms with Crippen LogP contribution in [0.4, 0.5) is 15.9 Å². The number of nitrogens with one attached hydrogen (secondary N) is 1. The number of hydrogen-bond donors (Lipinski definition) is 2. The van der Waals surface area contributed by atoms with E-state index < -0.39 is 17.2 Å². The highest BCUT2D eigenvalue weighted by Gasteiger charge is 2.24. The van der Waals surface area contributed by atoms with E-state index >= 15 is 0 Å². The number of rotatable bonds is 10. The number of nitrogens with two attached hydrogens (primary N) is 1. The highest BCUT2D eigenvalue weighted by molar-refractivity contribution is 5.95. The molecule has 0 spiro atoms. The normalized spacial score (nSPS) is 10.7. The number of benzene rings is 2. The SMILES string of the molecule is CCCCn1c(N)c(N(Cc2ccccc2)C(=O)CCOc2ccc(F)cc2)c(=O)[nH]c1=O. The summed E-state index contributed by atoms with van der Waals surface area (Å²) in [5.74, 6) is -0.426. The van der Waals surface area contributed by atoms with Gasteiger partial charge in [0.2, 0.25) is 5.91 Å². The highest BCUT2D eigenvalue weighted by atomic mass is 19.1. The van der Waals surface area contributed by atoms with Gasteiger partial charge in [-0.05, 0) is 36.2 Å². The van der Waals surface area contributed by atoms with Gasteiger partial charge in [-0.2, -0.15) is 0 Å². The lowest BCUT2D eigenvalue weighted by Gasteiger charge is -2.25. The van der Waals surface area contributed by atoms with Gasteiger partial charge in [0.25, 0.3) is 5.56 Å². The molecule has 0 aliphatic heterocycles. The molecule has 0 aliphatic rings. The third kappa shape index (κ3) is 6.09. The monoisotopic (exact) mass is 454 g/mol. The molecule has 0 saturated carbocycles. The maximum Gasteiger partial charge on any atom is 0.330 e. The van der Waals surface area contributed by atoms with Crippen molar-refractivity contribution in [1.29, 1.82) is 0 Å². The molecule has 1 amide bonds. The predicted molar refractivity (Wildman–Crippen MR) is 125 cm³/mol. The van der Waals surface area contributed by atoms with Gasteiger partial charge in [0.15, 0.2) is 5.69 Å². The topological polar surface area (TPSA) is 110 Å². The minimum atomic E-state index is -0.728. The van der Waals surface area contributed by atoms with Gasteiger partial charge in [-0.25, -0.2) is 9.18 Å². The molecule has 174 valence electrons. The van der Waals surface area contributed by atoms with Crippen molar-refractivity contribution in [3.05, 3.63) is 86.8 Å². The van der Waals surface area contributed by atoms with Crippen LogP contribution in [0.15, 0.2) is 64.2 Å². The third-order valence-corrected chi connectivity index (χ3v) is 5.10. The third-order valence-electron chi connectivity index (χ3n) is 5.10. The predicted octanol–water partition coefficient (Wildman–Crippen LogP) is 3.06. The molecule has 3 rings (SSSR count). The molecule has 1 aromatic heterocycles. The van der Waals surface area contributed by atoms with Crippen molar-refractivity contribution in [2.75, 3.05) is 17.2 Å². The van der Waals surface area contributed by atoms with Crippen molar-refractivity contribution >= 4 is 17.4 Å². The summed E-state index contributed by atoms with van der Waals surface area (Å²) in [4.78, 5) is 41.8. The van der Waals surface area contributed by atoms with Crippen molar-refractivity contribution < 1.29 is 13.9 Å². The fraction of sp³-hybridized carbons (Fsp3) is 0.292. The molecule has 0 bridgehead atoms. The van der Waals surface area contributed by atoms with E-state index in [1.54, 1.807) is 0 Å². The fourth-order valence-electron chi connectivity index (χ4n) is 3.36. The van der Waals surface area contributed by atoms with Crippen LogP contribution in [0.3, 0.4) is 0 Å². The minimum absolute atomic E-state index is 0.0169. The Balaban J connectivity index is 1.89. The molecule has 0 unspecified atom stereocenters. The van der Waals surface area contributed by atoms with E-state index in [9.17, 15) is 18.8 Å². The van der Waals surface area contributed by atoms with E-state index in [1.165, 1.54) is 33.7 Å². The van der Waals surface area contributed by atoms with Crippen LogP contribution in [0.1, 0.15) is 31.7 Å².